The normalized spacial score (nSPS) is 24.3. The highest BCUT2D eigenvalue weighted by Gasteiger charge is 2.35. The molecule has 2 bridgehead atoms. The van der Waals surface area contributed by atoms with Crippen LogP contribution in [0.1, 0.15) is 23.3 Å². The first-order valence-electron chi connectivity index (χ1n) is 9.36. The number of piperidine rings is 3. The number of hydrogen-bond acceptors (Lipinski definition) is 4. The molecule has 0 unspecified atom stereocenters. The second-order valence-corrected chi connectivity index (χ2v) is 8.24. The predicted molar refractivity (Wildman–Crippen MR) is 105 cm³/mol. The maximum atomic E-state index is 14.1. The molecule has 3 saturated heterocycles. The molecular weight excluding hydrogens is 361 g/mol. The molecule has 0 radical (unpaired) electrons. The minimum absolute atomic E-state index is 0.0985. The Morgan fingerprint density at radius 3 is 2.74 bits per heavy atom. The molecule has 0 spiro atoms. The summed E-state index contributed by atoms with van der Waals surface area (Å²) in [5.74, 6) is 0.233. The van der Waals surface area contributed by atoms with Gasteiger partial charge < -0.3 is 10.2 Å². The van der Waals surface area contributed by atoms with Crippen molar-refractivity contribution in [3.8, 4) is 11.1 Å². The van der Waals surface area contributed by atoms with Crippen LogP contribution in [0.4, 0.5) is 4.39 Å². The van der Waals surface area contributed by atoms with E-state index in [1.54, 1.807) is 12.1 Å². The number of carbonyl (C=O) groups is 1. The molecule has 1 N–H and O–H groups in total. The first-order valence-corrected chi connectivity index (χ1v) is 10.1. The van der Waals surface area contributed by atoms with Crippen molar-refractivity contribution < 1.29 is 9.18 Å². The standard InChI is InChI=1S/C21H20FN3OS/c22-17-4-2-1-3-15(17)14-5-6-16-19(11-14)27-24-20(16)21(26)23-18-12-25-9-7-13(18)8-10-25/h1-6,11,13,18H,7-10,12H2,(H,23,26)/t18-/m0/s1. The van der Waals surface area contributed by atoms with Gasteiger partial charge in [-0.3, -0.25) is 4.79 Å². The molecule has 1 aromatic heterocycles. The van der Waals surface area contributed by atoms with Gasteiger partial charge >= 0.3 is 0 Å². The lowest BCUT2D eigenvalue weighted by molar-refractivity contribution is 0.0619. The molecule has 3 aliphatic heterocycles. The van der Waals surface area contributed by atoms with Gasteiger partial charge in [0.15, 0.2) is 0 Å². The average Bonchev–Trinajstić information content (AvgIpc) is 3.12. The second-order valence-electron chi connectivity index (χ2n) is 7.44. The van der Waals surface area contributed by atoms with E-state index < -0.39 is 0 Å². The number of nitrogens with zero attached hydrogens (tertiary/aromatic N) is 2. The van der Waals surface area contributed by atoms with Crippen LogP contribution in [-0.4, -0.2) is 40.9 Å². The van der Waals surface area contributed by atoms with Crippen molar-refractivity contribution in [3.63, 3.8) is 0 Å². The Morgan fingerprint density at radius 2 is 2.00 bits per heavy atom. The number of halogens is 1. The third-order valence-electron chi connectivity index (χ3n) is 5.84. The van der Waals surface area contributed by atoms with E-state index in [9.17, 15) is 9.18 Å². The Hall–Kier alpha value is -2.31. The highest BCUT2D eigenvalue weighted by atomic mass is 32.1. The van der Waals surface area contributed by atoms with Gasteiger partial charge in [0.25, 0.3) is 5.91 Å². The van der Waals surface area contributed by atoms with Crippen molar-refractivity contribution >= 4 is 27.5 Å². The van der Waals surface area contributed by atoms with E-state index in [-0.39, 0.29) is 17.8 Å². The topological polar surface area (TPSA) is 45.2 Å². The maximum absolute atomic E-state index is 14.1. The Labute approximate surface area is 161 Å². The van der Waals surface area contributed by atoms with Crippen LogP contribution in [0.3, 0.4) is 0 Å². The summed E-state index contributed by atoms with van der Waals surface area (Å²) in [6.45, 7) is 3.24. The van der Waals surface area contributed by atoms with Gasteiger partial charge in [0.2, 0.25) is 0 Å². The first kappa shape index (κ1) is 16.8. The lowest BCUT2D eigenvalue weighted by Crippen LogP contribution is -2.57. The van der Waals surface area contributed by atoms with E-state index in [0.717, 1.165) is 48.1 Å². The van der Waals surface area contributed by atoms with Crippen molar-refractivity contribution in [1.82, 2.24) is 14.6 Å². The Balaban J connectivity index is 1.41. The van der Waals surface area contributed by atoms with Crippen molar-refractivity contribution in [1.29, 1.82) is 0 Å². The van der Waals surface area contributed by atoms with Crippen LogP contribution in [0.25, 0.3) is 21.2 Å². The highest BCUT2D eigenvalue weighted by molar-refractivity contribution is 7.13. The van der Waals surface area contributed by atoms with Crippen LogP contribution < -0.4 is 5.32 Å². The number of carbonyl (C=O) groups excluding carboxylic acids is 1. The summed E-state index contributed by atoms with van der Waals surface area (Å²) in [6.07, 6.45) is 2.32. The molecule has 2 aromatic carbocycles. The zero-order valence-corrected chi connectivity index (χ0v) is 15.6. The molecule has 6 heteroatoms. The fraction of sp³-hybridized carbons (Fsp3) is 0.333. The summed E-state index contributed by atoms with van der Waals surface area (Å²) in [5.41, 5.74) is 1.84. The molecule has 3 fully saturated rings. The van der Waals surface area contributed by atoms with E-state index >= 15 is 0 Å². The number of benzene rings is 2. The minimum atomic E-state index is -0.248. The Morgan fingerprint density at radius 1 is 1.19 bits per heavy atom. The largest absolute Gasteiger partial charge is 0.346 e. The van der Waals surface area contributed by atoms with Crippen LogP contribution in [0.5, 0.6) is 0 Å². The van der Waals surface area contributed by atoms with Crippen molar-refractivity contribution in [2.45, 2.75) is 18.9 Å². The summed E-state index contributed by atoms with van der Waals surface area (Å²) in [4.78, 5) is 15.2. The number of nitrogens with one attached hydrogen (secondary N) is 1. The number of fused-ring (bicyclic) bond motifs is 4. The van der Waals surface area contributed by atoms with Crippen LogP contribution in [0, 0.1) is 11.7 Å². The zero-order valence-electron chi connectivity index (χ0n) is 14.8. The number of amides is 1. The number of aromatic nitrogens is 1. The molecule has 0 aliphatic carbocycles. The Kier molecular flexibility index (Phi) is 4.17. The molecule has 6 rings (SSSR count). The SMILES string of the molecule is O=C(N[C@H]1CN2CCC1CC2)c1nsc2cc(-c3ccccc3F)ccc12. The van der Waals surface area contributed by atoms with E-state index in [1.165, 1.54) is 17.6 Å². The van der Waals surface area contributed by atoms with Crippen molar-refractivity contribution in [3.05, 3.63) is 54.0 Å². The first-order chi connectivity index (χ1) is 13.2. The number of hydrogen-bond donors (Lipinski definition) is 1. The maximum Gasteiger partial charge on any atom is 0.271 e. The zero-order chi connectivity index (χ0) is 18.4. The van der Waals surface area contributed by atoms with Gasteiger partial charge in [-0.2, -0.15) is 4.37 Å². The lowest BCUT2D eigenvalue weighted by atomic mass is 9.84. The van der Waals surface area contributed by atoms with E-state index in [2.05, 4.69) is 14.6 Å². The van der Waals surface area contributed by atoms with Crippen LogP contribution >= 0.6 is 11.5 Å². The summed E-state index contributed by atoms with van der Waals surface area (Å²) in [5, 5.41) is 4.04. The average molecular weight is 381 g/mol. The second kappa shape index (κ2) is 6.69. The molecule has 1 amide bonds. The fourth-order valence-corrected chi connectivity index (χ4v) is 5.14. The van der Waals surface area contributed by atoms with Gasteiger partial charge in [-0.25, -0.2) is 4.39 Å². The van der Waals surface area contributed by atoms with Gasteiger partial charge in [-0.1, -0.05) is 30.3 Å². The molecule has 3 aromatic rings. The fourth-order valence-electron chi connectivity index (χ4n) is 4.33. The number of rotatable bonds is 3. The van der Waals surface area contributed by atoms with E-state index in [0.29, 0.717) is 17.2 Å². The van der Waals surface area contributed by atoms with Gasteiger partial charge in [-0.05, 0) is 61.1 Å². The Bertz CT molecular complexity index is 1010. The van der Waals surface area contributed by atoms with Crippen LogP contribution in [0.2, 0.25) is 0 Å². The quantitative estimate of drug-likeness (QED) is 0.748. The molecule has 1 atom stereocenters. The summed E-state index contributed by atoms with van der Waals surface area (Å²) >= 11 is 1.29. The molecular formula is C21H20FN3OS. The third kappa shape index (κ3) is 3.03. The molecule has 0 saturated carbocycles. The molecule has 4 nitrogen and oxygen atoms in total. The summed E-state index contributed by atoms with van der Waals surface area (Å²) in [7, 11) is 0. The van der Waals surface area contributed by atoms with Crippen LogP contribution in [-0.2, 0) is 0 Å². The monoisotopic (exact) mass is 381 g/mol. The minimum Gasteiger partial charge on any atom is -0.346 e. The lowest BCUT2D eigenvalue weighted by Gasteiger charge is -2.44. The molecule has 3 aliphatic rings. The molecule has 27 heavy (non-hydrogen) atoms. The van der Waals surface area contributed by atoms with Gasteiger partial charge in [0.1, 0.15) is 11.5 Å². The molecule has 4 heterocycles. The van der Waals surface area contributed by atoms with E-state index in [1.807, 2.05) is 24.3 Å². The van der Waals surface area contributed by atoms with Gasteiger partial charge in [0.05, 0.1) is 4.70 Å². The van der Waals surface area contributed by atoms with Crippen molar-refractivity contribution in [2.75, 3.05) is 19.6 Å². The predicted octanol–water partition coefficient (Wildman–Crippen LogP) is 3.93. The third-order valence-corrected chi connectivity index (χ3v) is 6.65. The van der Waals surface area contributed by atoms with E-state index in [4.69, 9.17) is 0 Å². The van der Waals surface area contributed by atoms with Crippen LogP contribution in [0.15, 0.2) is 42.5 Å². The smallest absolute Gasteiger partial charge is 0.271 e. The van der Waals surface area contributed by atoms with Gasteiger partial charge in [0, 0.05) is 23.5 Å². The van der Waals surface area contributed by atoms with Crippen molar-refractivity contribution in [2.24, 2.45) is 5.92 Å². The highest BCUT2D eigenvalue weighted by Crippen LogP contribution is 2.31. The molecule has 138 valence electrons. The summed E-state index contributed by atoms with van der Waals surface area (Å²) < 4.78 is 19.4. The summed E-state index contributed by atoms with van der Waals surface area (Å²) in [6, 6.07) is 12.6. The van der Waals surface area contributed by atoms with Gasteiger partial charge in [-0.15, -0.1) is 0 Å².